The SMILES string of the molecule is CC1CCCN(C(=O)c2ccc(N3CCCC3)c([N+](=O)[O-])c2)C1. The molecule has 6 heteroatoms. The Morgan fingerprint density at radius 3 is 2.61 bits per heavy atom. The number of rotatable bonds is 3. The van der Waals surface area contributed by atoms with Gasteiger partial charge in [0.15, 0.2) is 0 Å². The molecule has 1 aromatic rings. The lowest BCUT2D eigenvalue weighted by molar-refractivity contribution is -0.384. The van der Waals surface area contributed by atoms with Gasteiger partial charge in [-0.3, -0.25) is 14.9 Å². The van der Waals surface area contributed by atoms with Crippen LogP contribution in [0.5, 0.6) is 0 Å². The van der Waals surface area contributed by atoms with Gasteiger partial charge in [-0.1, -0.05) is 6.92 Å². The summed E-state index contributed by atoms with van der Waals surface area (Å²) in [5.41, 5.74) is 1.10. The molecule has 2 saturated heterocycles. The Labute approximate surface area is 136 Å². The molecular weight excluding hydrogens is 294 g/mol. The monoisotopic (exact) mass is 317 g/mol. The highest BCUT2D eigenvalue weighted by Gasteiger charge is 2.27. The number of hydrogen-bond donors (Lipinski definition) is 0. The molecule has 0 bridgehead atoms. The number of amides is 1. The van der Waals surface area contributed by atoms with Gasteiger partial charge in [-0.25, -0.2) is 0 Å². The molecule has 3 rings (SSSR count). The van der Waals surface area contributed by atoms with Crippen molar-refractivity contribution in [2.24, 2.45) is 5.92 Å². The number of anilines is 1. The standard InChI is InChI=1S/C17H23N3O3/c1-13-5-4-10-19(12-13)17(21)14-6-7-15(16(11-14)20(22)23)18-8-2-3-9-18/h6-7,11,13H,2-5,8-10,12H2,1H3. The molecule has 2 aliphatic rings. The Morgan fingerprint density at radius 2 is 1.96 bits per heavy atom. The van der Waals surface area contributed by atoms with E-state index < -0.39 is 0 Å². The number of carbonyl (C=O) groups is 1. The molecule has 6 nitrogen and oxygen atoms in total. The van der Waals surface area contributed by atoms with Crippen LogP contribution >= 0.6 is 0 Å². The largest absolute Gasteiger partial charge is 0.366 e. The Balaban J connectivity index is 1.86. The first-order chi connectivity index (χ1) is 11.1. The molecule has 124 valence electrons. The van der Waals surface area contributed by atoms with Gasteiger partial charge in [0.25, 0.3) is 11.6 Å². The predicted octanol–water partition coefficient (Wildman–Crippen LogP) is 3.07. The van der Waals surface area contributed by atoms with E-state index in [0.29, 0.717) is 17.2 Å². The van der Waals surface area contributed by atoms with Gasteiger partial charge in [-0.05, 0) is 43.7 Å². The van der Waals surface area contributed by atoms with E-state index in [2.05, 4.69) is 6.92 Å². The van der Waals surface area contributed by atoms with Crippen molar-refractivity contribution in [1.29, 1.82) is 0 Å². The summed E-state index contributed by atoms with van der Waals surface area (Å²) >= 11 is 0. The van der Waals surface area contributed by atoms with E-state index in [0.717, 1.165) is 51.9 Å². The van der Waals surface area contributed by atoms with E-state index in [1.165, 1.54) is 6.07 Å². The highest BCUT2D eigenvalue weighted by molar-refractivity contribution is 5.96. The Kier molecular flexibility index (Phi) is 4.50. The van der Waals surface area contributed by atoms with E-state index in [4.69, 9.17) is 0 Å². The third-order valence-electron chi connectivity index (χ3n) is 4.81. The minimum Gasteiger partial charge on any atom is -0.366 e. The first-order valence-electron chi connectivity index (χ1n) is 8.39. The number of nitrogens with zero attached hydrogens (tertiary/aromatic N) is 3. The third kappa shape index (κ3) is 3.30. The Hall–Kier alpha value is -2.11. The summed E-state index contributed by atoms with van der Waals surface area (Å²) in [7, 11) is 0. The van der Waals surface area contributed by atoms with E-state index in [1.807, 2.05) is 9.80 Å². The lowest BCUT2D eigenvalue weighted by atomic mass is 9.99. The molecule has 1 atom stereocenters. The maximum Gasteiger partial charge on any atom is 0.293 e. The fraction of sp³-hybridized carbons (Fsp3) is 0.588. The van der Waals surface area contributed by atoms with Crippen molar-refractivity contribution in [3.63, 3.8) is 0 Å². The highest BCUT2D eigenvalue weighted by Crippen LogP contribution is 2.32. The second kappa shape index (κ2) is 6.56. The first-order valence-corrected chi connectivity index (χ1v) is 8.39. The number of hydrogen-bond acceptors (Lipinski definition) is 4. The van der Waals surface area contributed by atoms with Gasteiger partial charge < -0.3 is 9.80 Å². The second-order valence-electron chi connectivity index (χ2n) is 6.65. The van der Waals surface area contributed by atoms with Gasteiger partial charge in [0.2, 0.25) is 0 Å². The van der Waals surface area contributed by atoms with Crippen LogP contribution in [0.2, 0.25) is 0 Å². The maximum absolute atomic E-state index is 12.6. The van der Waals surface area contributed by atoms with Gasteiger partial charge in [-0.2, -0.15) is 0 Å². The Bertz CT molecular complexity index is 611. The van der Waals surface area contributed by atoms with Crippen molar-refractivity contribution in [2.75, 3.05) is 31.1 Å². The van der Waals surface area contributed by atoms with Gasteiger partial charge >= 0.3 is 0 Å². The smallest absolute Gasteiger partial charge is 0.293 e. The highest BCUT2D eigenvalue weighted by atomic mass is 16.6. The number of carbonyl (C=O) groups excluding carboxylic acids is 1. The van der Waals surface area contributed by atoms with E-state index in [9.17, 15) is 14.9 Å². The molecule has 0 radical (unpaired) electrons. The molecule has 23 heavy (non-hydrogen) atoms. The van der Waals surface area contributed by atoms with Crippen LogP contribution in [0.15, 0.2) is 18.2 Å². The summed E-state index contributed by atoms with van der Waals surface area (Å²) in [5.74, 6) is 0.402. The molecular formula is C17H23N3O3. The predicted molar refractivity (Wildman–Crippen MR) is 88.8 cm³/mol. The average molecular weight is 317 g/mol. The molecule has 2 aliphatic heterocycles. The molecule has 1 aromatic carbocycles. The van der Waals surface area contributed by atoms with E-state index >= 15 is 0 Å². The molecule has 0 aliphatic carbocycles. The summed E-state index contributed by atoms with van der Waals surface area (Å²) in [6.07, 6.45) is 4.26. The average Bonchev–Trinajstić information content (AvgIpc) is 3.08. The zero-order valence-corrected chi connectivity index (χ0v) is 13.5. The third-order valence-corrected chi connectivity index (χ3v) is 4.81. The van der Waals surface area contributed by atoms with Gasteiger partial charge in [0, 0.05) is 37.8 Å². The first kappa shape index (κ1) is 15.8. The summed E-state index contributed by atoms with van der Waals surface area (Å²) in [6, 6.07) is 4.93. The van der Waals surface area contributed by atoms with E-state index in [1.54, 1.807) is 12.1 Å². The van der Waals surface area contributed by atoms with Crippen LogP contribution in [0.1, 0.15) is 43.0 Å². The van der Waals surface area contributed by atoms with E-state index in [-0.39, 0.29) is 16.5 Å². The normalized spacial score (nSPS) is 21.5. The van der Waals surface area contributed by atoms with Crippen molar-refractivity contribution in [3.05, 3.63) is 33.9 Å². The molecule has 2 heterocycles. The van der Waals surface area contributed by atoms with Crippen LogP contribution in [0, 0.1) is 16.0 Å². The number of likely N-dealkylation sites (tertiary alicyclic amines) is 1. The summed E-state index contributed by atoms with van der Waals surface area (Å²) < 4.78 is 0. The number of nitro groups is 1. The molecule has 0 N–H and O–H groups in total. The van der Waals surface area contributed by atoms with Crippen LogP contribution < -0.4 is 4.90 Å². The lowest BCUT2D eigenvalue weighted by Gasteiger charge is -2.31. The molecule has 0 saturated carbocycles. The number of piperidine rings is 1. The van der Waals surface area contributed by atoms with Gasteiger partial charge in [-0.15, -0.1) is 0 Å². The Morgan fingerprint density at radius 1 is 1.22 bits per heavy atom. The van der Waals surface area contributed by atoms with Crippen molar-refractivity contribution in [2.45, 2.75) is 32.6 Å². The maximum atomic E-state index is 12.6. The zero-order valence-electron chi connectivity index (χ0n) is 13.5. The number of benzene rings is 1. The van der Waals surface area contributed by atoms with Crippen LogP contribution in [0.4, 0.5) is 11.4 Å². The quantitative estimate of drug-likeness (QED) is 0.635. The minimum atomic E-state index is -0.372. The number of nitro benzene ring substituents is 1. The topological polar surface area (TPSA) is 66.7 Å². The second-order valence-corrected chi connectivity index (χ2v) is 6.65. The van der Waals surface area contributed by atoms with Crippen molar-refractivity contribution >= 4 is 17.3 Å². The summed E-state index contributed by atoms with van der Waals surface area (Å²) in [6.45, 7) is 5.30. The fourth-order valence-corrected chi connectivity index (χ4v) is 3.58. The fourth-order valence-electron chi connectivity index (χ4n) is 3.58. The summed E-state index contributed by atoms with van der Waals surface area (Å²) in [4.78, 5) is 27.6. The van der Waals surface area contributed by atoms with Crippen molar-refractivity contribution in [1.82, 2.24) is 4.90 Å². The minimum absolute atomic E-state index is 0.0443. The summed E-state index contributed by atoms with van der Waals surface area (Å²) in [5, 5.41) is 11.4. The lowest BCUT2D eigenvalue weighted by Crippen LogP contribution is -2.39. The van der Waals surface area contributed by atoms with Crippen LogP contribution in [0.25, 0.3) is 0 Å². The molecule has 0 aromatic heterocycles. The van der Waals surface area contributed by atoms with Crippen molar-refractivity contribution < 1.29 is 9.72 Å². The van der Waals surface area contributed by atoms with Gasteiger partial charge in [0.1, 0.15) is 5.69 Å². The molecule has 1 unspecified atom stereocenters. The molecule has 2 fully saturated rings. The van der Waals surface area contributed by atoms with Crippen molar-refractivity contribution in [3.8, 4) is 0 Å². The zero-order chi connectivity index (χ0) is 16.4. The van der Waals surface area contributed by atoms with Crippen LogP contribution in [-0.4, -0.2) is 41.9 Å². The molecule has 0 spiro atoms. The van der Waals surface area contributed by atoms with Crippen LogP contribution in [-0.2, 0) is 0 Å². The van der Waals surface area contributed by atoms with Gasteiger partial charge in [0.05, 0.1) is 4.92 Å². The van der Waals surface area contributed by atoms with Crippen LogP contribution in [0.3, 0.4) is 0 Å². The molecule has 1 amide bonds.